The van der Waals surface area contributed by atoms with Gasteiger partial charge in [0.25, 0.3) is 0 Å². The van der Waals surface area contributed by atoms with Crippen molar-refractivity contribution < 1.29 is 0 Å². The van der Waals surface area contributed by atoms with E-state index in [0.717, 1.165) is 19.4 Å². The molecule has 0 aromatic carbocycles. The summed E-state index contributed by atoms with van der Waals surface area (Å²) in [6.07, 6.45) is 8.23. The lowest BCUT2D eigenvalue weighted by Gasteiger charge is -2.27. The van der Waals surface area contributed by atoms with Gasteiger partial charge in [0, 0.05) is 25.0 Å². The molecule has 0 aliphatic heterocycles. The number of rotatable bonds is 3. The van der Waals surface area contributed by atoms with Gasteiger partial charge in [-0.05, 0) is 30.5 Å². The van der Waals surface area contributed by atoms with Crippen LogP contribution < -0.4 is 5.32 Å². The number of aromatic nitrogens is 1. The van der Waals surface area contributed by atoms with Gasteiger partial charge in [0.1, 0.15) is 0 Å². The van der Waals surface area contributed by atoms with Crippen molar-refractivity contribution in [2.75, 3.05) is 0 Å². The SMILES string of the molecule is N#CC1CCCCC1NCc1ccncc1. The van der Waals surface area contributed by atoms with Crippen molar-refractivity contribution in [3.63, 3.8) is 0 Å². The van der Waals surface area contributed by atoms with E-state index in [9.17, 15) is 0 Å². The van der Waals surface area contributed by atoms with Crippen LogP contribution in [0.1, 0.15) is 31.2 Å². The van der Waals surface area contributed by atoms with Crippen LogP contribution in [0.4, 0.5) is 0 Å². The number of nitrogens with zero attached hydrogens (tertiary/aromatic N) is 2. The van der Waals surface area contributed by atoms with Gasteiger partial charge in [-0.15, -0.1) is 0 Å². The molecule has 1 aromatic rings. The maximum Gasteiger partial charge on any atom is 0.0672 e. The van der Waals surface area contributed by atoms with Crippen molar-refractivity contribution in [1.82, 2.24) is 10.3 Å². The minimum Gasteiger partial charge on any atom is -0.309 e. The lowest BCUT2D eigenvalue weighted by molar-refractivity contribution is 0.311. The van der Waals surface area contributed by atoms with E-state index in [4.69, 9.17) is 5.26 Å². The van der Waals surface area contributed by atoms with Gasteiger partial charge >= 0.3 is 0 Å². The topological polar surface area (TPSA) is 48.7 Å². The Morgan fingerprint density at radius 2 is 2.06 bits per heavy atom. The molecular formula is C13H17N3. The van der Waals surface area contributed by atoms with E-state index in [2.05, 4.69) is 16.4 Å². The summed E-state index contributed by atoms with van der Waals surface area (Å²) in [5.74, 6) is 0.190. The van der Waals surface area contributed by atoms with Crippen molar-refractivity contribution in [2.45, 2.75) is 38.3 Å². The molecule has 2 rings (SSSR count). The molecule has 1 heterocycles. The third kappa shape index (κ3) is 2.80. The lowest BCUT2D eigenvalue weighted by Crippen LogP contribution is -2.37. The van der Waals surface area contributed by atoms with Gasteiger partial charge in [0.2, 0.25) is 0 Å². The minimum absolute atomic E-state index is 0.190. The van der Waals surface area contributed by atoms with E-state index < -0.39 is 0 Å². The van der Waals surface area contributed by atoms with Crippen molar-refractivity contribution in [3.05, 3.63) is 30.1 Å². The van der Waals surface area contributed by atoms with Crippen LogP contribution in [0, 0.1) is 17.2 Å². The third-order valence-electron chi connectivity index (χ3n) is 3.25. The zero-order valence-electron chi connectivity index (χ0n) is 9.39. The summed E-state index contributed by atoms with van der Waals surface area (Å²) < 4.78 is 0. The van der Waals surface area contributed by atoms with Gasteiger partial charge in [0.15, 0.2) is 0 Å². The van der Waals surface area contributed by atoms with Gasteiger partial charge in [-0.1, -0.05) is 12.8 Å². The summed E-state index contributed by atoms with van der Waals surface area (Å²) in [5, 5.41) is 12.5. The van der Waals surface area contributed by atoms with Gasteiger partial charge in [-0.2, -0.15) is 5.26 Å². The summed E-state index contributed by atoms with van der Waals surface area (Å²) in [4.78, 5) is 3.99. The highest BCUT2D eigenvalue weighted by atomic mass is 14.9. The van der Waals surface area contributed by atoms with Crippen molar-refractivity contribution in [1.29, 1.82) is 5.26 Å². The van der Waals surface area contributed by atoms with Crippen molar-refractivity contribution >= 4 is 0 Å². The first kappa shape index (κ1) is 11.1. The van der Waals surface area contributed by atoms with Crippen LogP contribution in [0.15, 0.2) is 24.5 Å². The molecule has 84 valence electrons. The van der Waals surface area contributed by atoms with Crippen molar-refractivity contribution in [2.24, 2.45) is 5.92 Å². The summed E-state index contributed by atoms with van der Waals surface area (Å²) in [6, 6.07) is 6.81. The molecule has 1 aliphatic carbocycles. The molecule has 1 aromatic heterocycles. The van der Waals surface area contributed by atoms with Crippen LogP contribution in [-0.2, 0) is 6.54 Å². The Morgan fingerprint density at radius 3 is 2.81 bits per heavy atom. The molecule has 2 atom stereocenters. The molecule has 1 N–H and O–H groups in total. The number of hydrogen-bond acceptors (Lipinski definition) is 3. The highest BCUT2D eigenvalue weighted by Gasteiger charge is 2.23. The number of hydrogen-bond donors (Lipinski definition) is 1. The average molecular weight is 215 g/mol. The molecule has 3 heteroatoms. The lowest BCUT2D eigenvalue weighted by atomic mass is 9.85. The Bertz CT molecular complexity index is 355. The van der Waals surface area contributed by atoms with Crippen LogP contribution in [0.25, 0.3) is 0 Å². The number of nitrogens with one attached hydrogen (secondary N) is 1. The highest BCUT2D eigenvalue weighted by molar-refractivity contribution is 5.09. The zero-order valence-corrected chi connectivity index (χ0v) is 9.39. The van der Waals surface area contributed by atoms with Gasteiger partial charge in [-0.25, -0.2) is 0 Å². The summed E-state index contributed by atoms with van der Waals surface area (Å²) in [7, 11) is 0. The maximum absolute atomic E-state index is 9.06. The monoisotopic (exact) mass is 215 g/mol. The molecule has 1 aliphatic rings. The smallest absolute Gasteiger partial charge is 0.0672 e. The first-order valence-electron chi connectivity index (χ1n) is 5.92. The van der Waals surface area contributed by atoms with Crippen LogP contribution >= 0.6 is 0 Å². The molecule has 0 saturated heterocycles. The molecular weight excluding hydrogens is 198 g/mol. The minimum atomic E-state index is 0.190. The average Bonchev–Trinajstić information content (AvgIpc) is 2.38. The molecule has 2 unspecified atom stereocenters. The fraction of sp³-hybridized carbons (Fsp3) is 0.538. The molecule has 1 fully saturated rings. The Labute approximate surface area is 96.5 Å². The van der Waals surface area contributed by atoms with Crippen LogP contribution in [-0.4, -0.2) is 11.0 Å². The van der Waals surface area contributed by atoms with E-state index in [-0.39, 0.29) is 5.92 Å². The molecule has 0 amide bonds. The largest absolute Gasteiger partial charge is 0.309 e. The van der Waals surface area contributed by atoms with Crippen LogP contribution in [0.5, 0.6) is 0 Å². The fourth-order valence-electron chi connectivity index (χ4n) is 2.28. The molecule has 0 spiro atoms. The van der Waals surface area contributed by atoms with Crippen LogP contribution in [0.3, 0.4) is 0 Å². The van der Waals surface area contributed by atoms with Crippen molar-refractivity contribution in [3.8, 4) is 6.07 Å². The predicted octanol–water partition coefficient (Wildman–Crippen LogP) is 2.25. The Hall–Kier alpha value is -1.40. The number of nitriles is 1. The molecule has 1 saturated carbocycles. The van der Waals surface area contributed by atoms with E-state index in [1.807, 2.05) is 12.1 Å². The number of pyridine rings is 1. The summed E-state index contributed by atoms with van der Waals surface area (Å²) in [5.41, 5.74) is 1.23. The maximum atomic E-state index is 9.06. The Kier molecular flexibility index (Phi) is 3.90. The first-order valence-corrected chi connectivity index (χ1v) is 5.92. The normalized spacial score (nSPS) is 24.9. The summed E-state index contributed by atoms with van der Waals surface area (Å²) in [6.45, 7) is 0.839. The van der Waals surface area contributed by atoms with Crippen LogP contribution in [0.2, 0.25) is 0 Å². The van der Waals surface area contributed by atoms with E-state index >= 15 is 0 Å². The molecule has 0 bridgehead atoms. The predicted molar refractivity (Wildman–Crippen MR) is 62.4 cm³/mol. The standard InChI is InChI=1S/C13H17N3/c14-9-12-3-1-2-4-13(12)16-10-11-5-7-15-8-6-11/h5-8,12-13,16H,1-4,10H2. The zero-order chi connectivity index (χ0) is 11.2. The summed E-state index contributed by atoms with van der Waals surface area (Å²) >= 11 is 0. The second-order valence-corrected chi connectivity index (χ2v) is 4.36. The Balaban J connectivity index is 1.87. The quantitative estimate of drug-likeness (QED) is 0.841. The van der Waals surface area contributed by atoms with Gasteiger partial charge in [0.05, 0.1) is 12.0 Å². The van der Waals surface area contributed by atoms with E-state index in [0.29, 0.717) is 6.04 Å². The highest BCUT2D eigenvalue weighted by Crippen LogP contribution is 2.23. The van der Waals surface area contributed by atoms with Gasteiger partial charge < -0.3 is 5.32 Å². The fourth-order valence-corrected chi connectivity index (χ4v) is 2.28. The Morgan fingerprint density at radius 1 is 1.31 bits per heavy atom. The second-order valence-electron chi connectivity index (χ2n) is 4.36. The van der Waals surface area contributed by atoms with E-state index in [1.54, 1.807) is 12.4 Å². The molecule has 0 radical (unpaired) electrons. The van der Waals surface area contributed by atoms with E-state index in [1.165, 1.54) is 18.4 Å². The second kappa shape index (κ2) is 5.62. The third-order valence-corrected chi connectivity index (χ3v) is 3.25. The van der Waals surface area contributed by atoms with Gasteiger partial charge in [-0.3, -0.25) is 4.98 Å². The molecule has 3 nitrogen and oxygen atoms in total. The molecule has 16 heavy (non-hydrogen) atoms. The first-order chi connectivity index (χ1) is 7.90.